The lowest BCUT2D eigenvalue weighted by Crippen LogP contribution is -2.57. The van der Waals surface area contributed by atoms with Gasteiger partial charge in [0, 0.05) is 11.0 Å². The van der Waals surface area contributed by atoms with Crippen LogP contribution in [0.15, 0.2) is 60.7 Å². The molecular formula is C24H30NO6P. The van der Waals surface area contributed by atoms with Crippen LogP contribution in [-0.4, -0.2) is 48.4 Å². The summed E-state index contributed by atoms with van der Waals surface area (Å²) in [5.74, 6) is -2.23. The minimum absolute atomic E-state index is 0.330. The van der Waals surface area contributed by atoms with Gasteiger partial charge in [-0.2, -0.15) is 0 Å². The highest BCUT2D eigenvalue weighted by Gasteiger charge is 2.62. The summed E-state index contributed by atoms with van der Waals surface area (Å²) in [6.45, 7) is 7.78. The first-order chi connectivity index (χ1) is 15.2. The lowest BCUT2D eigenvalue weighted by Gasteiger charge is -2.44. The molecule has 3 aliphatic rings. The Labute approximate surface area is 188 Å². The maximum Gasteiger partial charge on any atom is 0.256 e. The van der Waals surface area contributed by atoms with Crippen molar-refractivity contribution in [3.8, 4) is 0 Å². The van der Waals surface area contributed by atoms with Gasteiger partial charge in [0.1, 0.15) is 30.2 Å². The highest BCUT2D eigenvalue weighted by Crippen LogP contribution is 2.61. The summed E-state index contributed by atoms with van der Waals surface area (Å²) in [5, 5.41) is 4.07. The van der Waals surface area contributed by atoms with E-state index in [2.05, 4.69) is 5.32 Å². The number of rotatable bonds is 4. The van der Waals surface area contributed by atoms with Crippen molar-refractivity contribution in [1.29, 1.82) is 0 Å². The van der Waals surface area contributed by atoms with Crippen molar-refractivity contribution >= 4 is 18.4 Å². The zero-order chi connectivity index (χ0) is 22.6. The number of hydrogen-bond donors (Lipinski definition) is 1. The van der Waals surface area contributed by atoms with Crippen LogP contribution in [0.1, 0.15) is 27.7 Å². The van der Waals surface area contributed by atoms with E-state index in [4.69, 9.17) is 23.5 Å². The summed E-state index contributed by atoms with van der Waals surface area (Å²) in [6, 6.07) is 19.0. The van der Waals surface area contributed by atoms with E-state index in [9.17, 15) is 4.57 Å². The number of nitrogens with one attached hydrogen (secondary N) is 1. The van der Waals surface area contributed by atoms with Gasteiger partial charge in [-0.3, -0.25) is 4.57 Å². The smallest absolute Gasteiger partial charge is 0.256 e. The summed E-state index contributed by atoms with van der Waals surface area (Å²) >= 11 is 0. The van der Waals surface area contributed by atoms with Crippen LogP contribution in [0.2, 0.25) is 0 Å². The molecule has 0 radical (unpaired) electrons. The van der Waals surface area contributed by atoms with Gasteiger partial charge in [0.2, 0.25) is 0 Å². The molecule has 0 amide bonds. The second kappa shape index (κ2) is 7.94. The molecule has 32 heavy (non-hydrogen) atoms. The van der Waals surface area contributed by atoms with Gasteiger partial charge < -0.3 is 28.8 Å². The quantitative estimate of drug-likeness (QED) is 0.690. The van der Waals surface area contributed by atoms with Crippen molar-refractivity contribution in [2.24, 2.45) is 0 Å². The van der Waals surface area contributed by atoms with Crippen molar-refractivity contribution in [3.05, 3.63) is 60.7 Å². The van der Waals surface area contributed by atoms with Crippen LogP contribution in [0.25, 0.3) is 0 Å². The molecule has 0 aliphatic carbocycles. The van der Waals surface area contributed by atoms with E-state index < -0.39 is 49.1 Å². The molecular weight excluding hydrogens is 429 g/mol. The molecule has 3 heterocycles. The maximum atomic E-state index is 14.7. The van der Waals surface area contributed by atoms with Gasteiger partial charge >= 0.3 is 0 Å². The van der Waals surface area contributed by atoms with Crippen LogP contribution >= 0.6 is 7.37 Å². The van der Waals surface area contributed by atoms with Crippen LogP contribution < -0.4 is 10.6 Å². The van der Waals surface area contributed by atoms with Crippen molar-refractivity contribution < 1.29 is 28.0 Å². The van der Waals surface area contributed by atoms with Crippen LogP contribution in [0.5, 0.6) is 0 Å². The molecule has 3 fully saturated rings. The van der Waals surface area contributed by atoms with Crippen LogP contribution in [-0.2, 0) is 28.0 Å². The first-order valence-electron chi connectivity index (χ1n) is 11.0. The van der Waals surface area contributed by atoms with Crippen molar-refractivity contribution in [3.63, 3.8) is 0 Å². The van der Waals surface area contributed by atoms with E-state index in [1.54, 1.807) is 0 Å². The Hall–Kier alpha value is -1.73. The number of ether oxygens (including phenoxy) is 4. The minimum atomic E-state index is -3.47. The number of hydrogen-bond acceptors (Lipinski definition) is 7. The summed E-state index contributed by atoms with van der Waals surface area (Å²) in [5.41, 5.74) is 0.837. The largest absolute Gasteiger partial charge is 0.371 e. The van der Waals surface area contributed by atoms with Gasteiger partial charge in [-0.1, -0.05) is 36.4 Å². The Morgan fingerprint density at radius 3 is 2.06 bits per heavy atom. The monoisotopic (exact) mass is 459 g/mol. The van der Waals surface area contributed by atoms with Crippen LogP contribution in [0.3, 0.4) is 0 Å². The van der Waals surface area contributed by atoms with Gasteiger partial charge in [0.15, 0.2) is 11.6 Å². The fraction of sp³-hybridized carbons (Fsp3) is 0.500. The third kappa shape index (κ3) is 4.03. The number of fused-ring (bicyclic) bond motifs is 1. The molecule has 3 aliphatic heterocycles. The first-order valence-corrected chi connectivity index (χ1v) is 12.7. The molecule has 7 nitrogen and oxygen atoms in total. The summed E-state index contributed by atoms with van der Waals surface area (Å²) in [7, 11) is -3.47. The Morgan fingerprint density at radius 2 is 1.44 bits per heavy atom. The van der Waals surface area contributed by atoms with Gasteiger partial charge in [0.25, 0.3) is 7.37 Å². The van der Waals surface area contributed by atoms with Crippen molar-refractivity contribution in [1.82, 2.24) is 0 Å². The van der Waals surface area contributed by atoms with Crippen molar-refractivity contribution in [2.45, 2.75) is 69.5 Å². The minimum Gasteiger partial charge on any atom is -0.371 e. The van der Waals surface area contributed by atoms with E-state index in [1.807, 2.05) is 88.4 Å². The second-order valence-electron chi connectivity index (χ2n) is 9.39. The average molecular weight is 459 g/mol. The Bertz CT molecular complexity index is 998. The zero-order valence-corrected chi connectivity index (χ0v) is 19.7. The Kier molecular flexibility index (Phi) is 5.48. The molecule has 2 aromatic carbocycles. The molecule has 172 valence electrons. The van der Waals surface area contributed by atoms with E-state index in [0.717, 1.165) is 5.69 Å². The third-order valence-corrected chi connectivity index (χ3v) is 8.77. The topological polar surface area (TPSA) is 75.3 Å². The zero-order valence-electron chi connectivity index (χ0n) is 18.8. The number of para-hydroxylation sites is 1. The molecule has 0 bridgehead atoms. The molecule has 2 aromatic rings. The van der Waals surface area contributed by atoms with E-state index in [-0.39, 0.29) is 0 Å². The third-order valence-electron chi connectivity index (χ3n) is 6.04. The second-order valence-corrected chi connectivity index (χ2v) is 11.9. The van der Waals surface area contributed by atoms with Crippen molar-refractivity contribution in [2.75, 3.05) is 11.9 Å². The number of anilines is 1. The molecule has 6 atom stereocenters. The lowest BCUT2D eigenvalue weighted by molar-refractivity contribution is -0.174. The summed E-state index contributed by atoms with van der Waals surface area (Å²) in [6.07, 6.45) is -2.02. The first kappa shape index (κ1) is 22.1. The fourth-order valence-electron chi connectivity index (χ4n) is 4.70. The molecule has 5 rings (SSSR count). The van der Waals surface area contributed by atoms with Gasteiger partial charge in [-0.05, 0) is 52.0 Å². The molecule has 0 spiro atoms. The Balaban J connectivity index is 1.58. The molecule has 3 saturated heterocycles. The van der Waals surface area contributed by atoms with Crippen LogP contribution in [0.4, 0.5) is 5.69 Å². The molecule has 0 unspecified atom stereocenters. The predicted octanol–water partition coefficient (Wildman–Crippen LogP) is 4.10. The lowest BCUT2D eigenvalue weighted by atomic mass is 10.0. The summed E-state index contributed by atoms with van der Waals surface area (Å²) < 4.78 is 45.8. The highest BCUT2D eigenvalue weighted by molar-refractivity contribution is 7.68. The normalized spacial score (nSPS) is 37.7. The summed E-state index contributed by atoms with van der Waals surface area (Å²) in [4.78, 5) is 0. The molecule has 0 saturated carbocycles. The van der Waals surface area contributed by atoms with Gasteiger partial charge in [-0.25, -0.2) is 0 Å². The van der Waals surface area contributed by atoms with E-state index >= 15 is 0 Å². The van der Waals surface area contributed by atoms with Gasteiger partial charge in [-0.15, -0.1) is 0 Å². The SMILES string of the molecule is CC1(C)O[C@@H]2[C@H](O1)[C@@H](Nc1ccccc1)[P@](=O)(c1ccccc1)O[C@@H]2[C@H]1COC(C)(C)O1. The highest BCUT2D eigenvalue weighted by atomic mass is 31.2. The average Bonchev–Trinajstić information content (AvgIpc) is 3.29. The molecule has 8 heteroatoms. The predicted molar refractivity (Wildman–Crippen MR) is 121 cm³/mol. The van der Waals surface area contributed by atoms with Crippen LogP contribution in [0, 0.1) is 0 Å². The van der Waals surface area contributed by atoms with Gasteiger partial charge in [0.05, 0.1) is 6.61 Å². The standard InChI is InChI=1S/C24H30NO6P/c1-23(2)27-15-18(28-23)19-20-21(30-24(3,4)29-20)22(25-16-11-7-5-8-12-16)32(26,31-19)17-13-9-6-10-14-17/h5-14,18-22,25H,15H2,1-4H3/t18-,19-,20+,21+,22+,32+/m1/s1. The fourth-order valence-corrected chi connectivity index (χ4v) is 7.42. The molecule has 0 aromatic heterocycles. The maximum absolute atomic E-state index is 14.7. The number of benzene rings is 2. The van der Waals surface area contributed by atoms with E-state index in [0.29, 0.717) is 11.9 Å². The molecule has 1 N–H and O–H groups in total. The van der Waals surface area contributed by atoms with E-state index in [1.165, 1.54) is 0 Å². The Morgan fingerprint density at radius 1 is 0.812 bits per heavy atom.